The Kier molecular flexibility index (Phi) is 2.46. The summed E-state index contributed by atoms with van der Waals surface area (Å²) in [6.45, 7) is 3.96. The van der Waals surface area contributed by atoms with E-state index in [9.17, 15) is 5.11 Å². The van der Waals surface area contributed by atoms with Crippen LogP contribution in [0.5, 0.6) is 5.75 Å². The highest BCUT2D eigenvalue weighted by Gasteiger charge is 2.05. The molecule has 0 aliphatic carbocycles. The van der Waals surface area contributed by atoms with E-state index in [4.69, 9.17) is 0 Å². The molecule has 0 saturated carbocycles. The average Bonchev–Trinajstić information content (AvgIpc) is 2.22. The van der Waals surface area contributed by atoms with Crippen molar-refractivity contribution in [3.63, 3.8) is 0 Å². The molecule has 0 aliphatic rings. The van der Waals surface area contributed by atoms with Gasteiger partial charge < -0.3 is 5.11 Å². The maximum Gasteiger partial charge on any atom is 0.126 e. The number of aromatic hydroxyl groups is 1. The van der Waals surface area contributed by atoms with Crippen LogP contribution in [0.25, 0.3) is 11.1 Å². The van der Waals surface area contributed by atoms with E-state index in [1.807, 2.05) is 37.3 Å². The molecule has 0 bridgehead atoms. The summed E-state index contributed by atoms with van der Waals surface area (Å²) >= 11 is 0. The second kappa shape index (κ2) is 3.77. The standard InChI is InChI=1S/C14H14O/c1-10-5-3-7-12(9-10)13-8-4-6-11(2)14(13)15/h3-9,15H,1-2H3. The first-order valence-corrected chi connectivity index (χ1v) is 5.04. The summed E-state index contributed by atoms with van der Waals surface area (Å²) in [6, 6.07) is 14.0. The number of phenols is 1. The summed E-state index contributed by atoms with van der Waals surface area (Å²) in [6.07, 6.45) is 0. The third-order valence-electron chi connectivity index (χ3n) is 2.57. The van der Waals surface area contributed by atoms with Gasteiger partial charge in [0.15, 0.2) is 0 Å². The van der Waals surface area contributed by atoms with Crippen LogP contribution in [0.1, 0.15) is 11.1 Å². The highest BCUT2D eigenvalue weighted by Crippen LogP contribution is 2.31. The Hall–Kier alpha value is -1.76. The molecule has 0 aromatic heterocycles. The van der Waals surface area contributed by atoms with Crippen LogP contribution in [0.3, 0.4) is 0 Å². The average molecular weight is 198 g/mol. The van der Waals surface area contributed by atoms with Crippen LogP contribution in [0, 0.1) is 13.8 Å². The number of hydrogen-bond acceptors (Lipinski definition) is 1. The number of hydrogen-bond donors (Lipinski definition) is 1. The molecule has 0 amide bonds. The Morgan fingerprint density at radius 1 is 0.933 bits per heavy atom. The van der Waals surface area contributed by atoms with E-state index in [0.717, 1.165) is 16.7 Å². The molecule has 0 unspecified atom stereocenters. The van der Waals surface area contributed by atoms with Crippen LogP contribution in [-0.2, 0) is 0 Å². The summed E-state index contributed by atoms with van der Waals surface area (Å²) in [5.41, 5.74) is 4.08. The Labute approximate surface area is 90.0 Å². The highest BCUT2D eigenvalue weighted by atomic mass is 16.3. The van der Waals surface area contributed by atoms with Gasteiger partial charge in [-0.05, 0) is 25.0 Å². The van der Waals surface area contributed by atoms with E-state index in [-0.39, 0.29) is 0 Å². The summed E-state index contributed by atoms with van der Waals surface area (Å²) in [7, 11) is 0. The van der Waals surface area contributed by atoms with Crippen LogP contribution in [0.2, 0.25) is 0 Å². The molecular weight excluding hydrogens is 184 g/mol. The molecule has 0 aliphatic heterocycles. The fourth-order valence-corrected chi connectivity index (χ4v) is 1.70. The minimum atomic E-state index is 0.378. The van der Waals surface area contributed by atoms with Crippen LogP contribution < -0.4 is 0 Å². The summed E-state index contributed by atoms with van der Waals surface area (Å²) in [5, 5.41) is 9.94. The Morgan fingerprint density at radius 2 is 1.67 bits per heavy atom. The maximum atomic E-state index is 9.94. The van der Waals surface area contributed by atoms with Gasteiger partial charge in [-0.25, -0.2) is 0 Å². The van der Waals surface area contributed by atoms with Crippen molar-refractivity contribution in [1.82, 2.24) is 0 Å². The van der Waals surface area contributed by atoms with Crippen molar-refractivity contribution in [3.8, 4) is 16.9 Å². The molecular formula is C14H14O. The molecule has 0 spiro atoms. The van der Waals surface area contributed by atoms with Gasteiger partial charge in [0.1, 0.15) is 5.75 Å². The number of benzene rings is 2. The van der Waals surface area contributed by atoms with Crippen molar-refractivity contribution in [2.24, 2.45) is 0 Å². The van der Waals surface area contributed by atoms with Crippen molar-refractivity contribution >= 4 is 0 Å². The first-order valence-electron chi connectivity index (χ1n) is 5.04. The van der Waals surface area contributed by atoms with Gasteiger partial charge in [-0.15, -0.1) is 0 Å². The number of aryl methyl sites for hydroxylation is 2. The zero-order valence-electron chi connectivity index (χ0n) is 8.99. The molecule has 15 heavy (non-hydrogen) atoms. The zero-order valence-corrected chi connectivity index (χ0v) is 8.99. The van der Waals surface area contributed by atoms with E-state index in [2.05, 4.69) is 19.1 Å². The van der Waals surface area contributed by atoms with Gasteiger partial charge in [0, 0.05) is 5.56 Å². The van der Waals surface area contributed by atoms with Gasteiger partial charge in [0.2, 0.25) is 0 Å². The molecule has 0 radical (unpaired) electrons. The van der Waals surface area contributed by atoms with Crippen molar-refractivity contribution in [1.29, 1.82) is 0 Å². The van der Waals surface area contributed by atoms with Crippen molar-refractivity contribution in [3.05, 3.63) is 53.6 Å². The van der Waals surface area contributed by atoms with Crippen LogP contribution in [-0.4, -0.2) is 5.11 Å². The lowest BCUT2D eigenvalue weighted by Gasteiger charge is -2.07. The molecule has 2 aromatic rings. The number of para-hydroxylation sites is 1. The van der Waals surface area contributed by atoms with E-state index in [0.29, 0.717) is 5.75 Å². The molecule has 1 N–H and O–H groups in total. The van der Waals surface area contributed by atoms with Crippen LogP contribution >= 0.6 is 0 Å². The van der Waals surface area contributed by atoms with Gasteiger partial charge in [-0.1, -0.05) is 48.0 Å². The molecule has 0 atom stereocenters. The third-order valence-corrected chi connectivity index (χ3v) is 2.57. The van der Waals surface area contributed by atoms with Crippen LogP contribution in [0.4, 0.5) is 0 Å². The monoisotopic (exact) mass is 198 g/mol. The number of phenolic OH excluding ortho intramolecular Hbond substituents is 1. The Balaban J connectivity index is 2.59. The SMILES string of the molecule is Cc1cccc(-c2cccc(C)c2O)c1. The fourth-order valence-electron chi connectivity index (χ4n) is 1.70. The molecule has 2 aromatic carbocycles. The summed E-state index contributed by atoms with van der Waals surface area (Å²) in [5.74, 6) is 0.378. The van der Waals surface area contributed by atoms with Crippen LogP contribution in [0.15, 0.2) is 42.5 Å². The van der Waals surface area contributed by atoms with Gasteiger partial charge in [-0.3, -0.25) is 0 Å². The predicted octanol–water partition coefficient (Wildman–Crippen LogP) is 3.68. The minimum absolute atomic E-state index is 0.378. The molecule has 2 rings (SSSR count). The van der Waals surface area contributed by atoms with E-state index in [1.165, 1.54) is 5.56 Å². The predicted molar refractivity (Wildman–Crippen MR) is 63.0 cm³/mol. The Morgan fingerprint density at radius 3 is 2.40 bits per heavy atom. The second-order valence-electron chi connectivity index (χ2n) is 3.84. The smallest absolute Gasteiger partial charge is 0.126 e. The Bertz CT molecular complexity index is 486. The van der Waals surface area contributed by atoms with E-state index < -0.39 is 0 Å². The third kappa shape index (κ3) is 1.86. The van der Waals surface area contributed by atoms with Gasteiger partial charge in [-0.2, -0.15) is 0 Å². The summed E-state index contributed by atoms with van der Waals surface area (Å²) < 4.78 is 0. The molecule has 0 heterocycles. The quantitative estimate of drug-likeness (QED) is 0.741. The molecule has 76 valence electrons. The van der Waals surface area contributed by atoms with E-state index >= 15 is 0 Å². The van der Waals surface area contributed by atoms with Gasteiger partial charge >= 0.3 is 0 Å². The largest absolute Gasteiger partial charge is 0.507 e. The van der Waals surface area contributed by atoms with Gasteiger partial charge in [0.05, 0.1) is 0 Å². The zero-order chi connectivity index (χ0) is 10.8. The number of rotatable bonds is 1. The second-order valence-corrected chi connectivity index (χ2v) is 3.84. The van der Waals surface area contributed by atoms with Crippen molar-refractivity contribution in [2.75, 3.05) is 0 Å². The topological polar surface area (TPSA) is 20.2 Å². The molecule has 1 nitrogen and oxygen atoms in total. The summed E-state index contributed by atoms with van der Waals surface area (Å²) in [4.78, 5) is 0. The minimum Gasteiger partial charge on any atom is -0.507 e. The lowest BCUT2D eigenvalue weighted by atomic mass is 10.0. The lowest BCUT2D eigenvalue weighted by molar-refractivity contribution is 0.473. The first kappa shape index (κ1) is 9.78. The highest BCUT2D eigenvalue weighted by molar-refractivity contribution is 5.71. The molecule has 0 saturated heterocycles. The molecule has 0 fully saturated rings. The maximum absolute atomic E-state index is 9.94. The first-order chi connectivity index (χ1) is 7.18. The van der Waals surface area contributed by atoms with Gasteiger partial charge in [0.25, 0.3) is 0 Å². The van der Waals surface area contributed by atoms with Crippen molar-refractivity contribution < 1.29 is 5.11 Å². The lowest BCUT2D eigenvalue weighted by Crippen LogP contribution is -1.82. The normalized spacial score (nSPS) is 10.3. The van der Waals surface area contributed by atoms with E-state index in [1.54, 1.807) is 0 Å². The molecule has 1 heteroatoms. The fraction of sp³-hybridized carbons (Fsp3) is 0.143. The van der Waals surface area contributed by atoms with Crippen molar-refractivity contribution in [2.45, 2.75) is 13.8 Å².